The Morgan fingerprint density at radius 1 is 1.10 bits per heavy atom. The van der Waals surface area contributed by atoms with Crippen molar-refractivity contribution >= 4 is 34.4 Å². The van der Waals surface area contributed by atoms with Gasteiger partial charge in [0.25, 0.3) is 5.56 Å². The van der Waals surface area contributed by atoms with Crippen molar-refractivity contribution in [2.75, 3.05) is 6.61 Å². The summed E-state index contributed by atoms with van der Waals surface area (Å²) in [6.07, 6.45) is -3.48. The molecule has 0 spiro atoms. The minimum Gasteiger partial charge on any atom is -0.485 e. The number of rotatable bonds is 6. The van der Waals surface area contributed by atoms with Crippen molar-refractivity contribution in [2.45, 2.75) is 26.9 Å². The molecule has 0 aliphatic rings. The fraction of sp³-hybridized carbons (Fsp3) is 0.222. The van der Waals surface area contributed by atoms with E-state index in [0.29, 0.717) is 0 Å². The van der Waals surface area contributed by atoms with Crippen LogP contribution in [0.3, 0.4) is 0 Å². The van der Waals surface area contributed by atoms with Gasteiger partial charge in [0.1, 0.15) is 0 Å². The summed E-state index contributed by atoms with van der Waals surface area (Å²) < 4.78 is 46.6. The highest BCUT2D eigenvalue weighted by Crippen LogP contribution is 2.37. The summed E-state index contributed by atoms with van der Waals surface area (Å²) in [6.45, 7) is 5.85. The van der Waals surface area contributed by atoms with Crippen LogP contribution in [-0.4, -0.2) is 27.4 Å². The molecule has 1 aromatic heterocycles. The fourth-order valence-corrected chi connectivity index (χ4v) is 3.90. The number of halogens is 4. The number of nitro benzene ring substituents is 1. The predicted octanol–water partition coefficient (Wildman–Crippen LogP) is 6.95. The average Bonchev–Trinajstić information content (AvgIpc) is 2.86. The van der Waals surface area contributed by atoms with E-state index in [4.69, 9.17) is 16.3 Å². The second-order valence-electron chi connectivity index (χ2n) is 9.85. The Labute approximate surface area is 225 Å². The molecule has 0 saturated heterocycles. The van der Waals surface area contributed by atoms with Gasteiger partial charge in [0.15, 0.2) is 5.82 Å². The number of ether oxygens (including phenoxy) is 1. The van der Waals surface area contributed by atoms with Gasteiger partial charge in [-0.15, -0.1) is 0 Å². The average molecular weight is 559 g/mol. The molecule has 0 N–H and O–H groups in total. The molecule has 4 aromatic rings. The lowest BCUT2D eigenvalue weighted by molar-refractivity contribution is -0.385. The topological polar surface area (TPSA) is 99.6 Å². The minimum atomic E-state index is -4.62. The maximum Gasteiger partial charge on any atom is 0.416 e. The van der Waals surface area contributed by atoms with Crippen LogP contribution in [0.15, 0.2) is 70.6 Å². The Hall–Kier alpha value is -4.25. The van der Waals surface area contributed by atoms with Crippen LogP contribution in [0.2, 0.25) is 5.02 Å². The number of benzene rings is 3. The maximum absolute atomic E-state index is 13.4. The number of alkyl halides is 3. The van der Waals surface area contributed by atoms with E-state index in [1.807, 2.05) is 20.8 Å². The van der Waals surface area contributed by atoms with Gasteiger partial charge in [-0.25, -0.2) is 4.98 Å². The van der Waals surface area contributed by atoms with E-state index in [2.05, 4.69) is 10.1 Å². The quantitative estimate of drug-likeness (QED) is 0.145. The minimum absolute atomic E-state index is 0.000214. The molecule has 202 valence electrons. The number of para-hydroxylation sites is 1. The van der Waals surface area contributed by atoms with Crippen molar-refractivity contribution in [3.63, 3.8) is 0 Å². The van der Waals surface area contributed by atoms with Gasteiger partial charge in [0.05, 0.1) is 39.2 Å². The molecular weight excluding hydrogens is 537 g/mol. The largest absolute Gasteiger partial charge is 0.485 e. The monoisotopic (exact) mass is 558 g/mol. The summed E-state index contributed by atoms with van der Waals surface area (Å²) in [5.41, 5.74) is -1.84. The molecule has 39 heavy (non-hydrogen) atoms. The third kappa shape index (κ3) is 6.26. The highest BCUT2D eigenvalue weighted by Gasteiger charge is 2.31. The summed E-state index contributed by atoms with van der Waals surface area (Å²) >= 11 is 6.31. The first kappa shape index (κ1) is 27.8. The van der Waals surface area contributed by atoms with E-state index in [9.17, 15) is 28.1 Å². The normalized spacial score (nSPS) is 12.3. The Balaban J connectivity index is 1.86. The second-order valence-corrected chi connectivity index (χ2v) is 10.3. The van der Waals surface area contributed by atoms with Crippen LogP contribution < -0.4 is 10.3 Å². The van der Waals surface area contributed by atoms with Crippen molar-refractivity contribution < 1.29 is 22.8 Å². The number of fused-ring (bicyclic) bond motifs is 1. The van der Waals surface area contributed by atoms with Gasteiger partial charge in [-0.2, -0.15) is 22.9 Å². The lowest BCUT2D eigenvalue weighted by Gasteiger charge is -2.19. The zero-order chi connectivity index (χ0) is 28.5. The summed E-state index contributed by atoms with van der Waals surface area (Å²) in [7, 11) is 0. The molecule has 0 radical (unpaired) electrons. The Bertz CT molecular complexity index is 1660. The van der Waals surface area contributed by atoms with Crippen molar-refractivity contribution in [3.8, 4) is 17.1 Å². The van der Waals surface area contributed by atoms with Crippen LogP contribution in [0.4, 0.5) is 18.9 Å². The highest BCUT2D eigenvalue weighted by molar-refractivity contribution is 6.32. The fourth-order valence-electron chi connectivity index (χ4n) is 3.62. The van der Waals surface area contributed by atoms with Crippen LogP contribution >= 0.6 is 11.6 Å². The summed E-state index contributed by atoms with van der Waals surface area (Å²) in [4.78, 5) is 28.8. The predicted molar refractivity (Wildman–Crippen MR) is 142 cm³/mol. The number of nitrogens with zero attached hydrogens (tertiary/aromatic N) is 4. The van der Waals surface area contributed by atoms with Gasteiger partial charge < -0.3 is 4.74 Å². The van der Waals surface area contributed by atoms with Gasteiger partial charge in [-0.3, -0.25) is 14.9 Å². The molecule has 1 heterocycles. The zero-order valence-corrected chi connectivity index (χ0v) is 21.7. The molecule has 0 aliphatic heterocycles. The first-order valence-electron chi connectivity index (χ1n) is 11.6. The van der Waals surface area contributed by atoms with Crippen molar-refractivity contribution in [1.29, 1.82) is 0 Å². The van der Waals surface area contributed by atoms with Gasteiger partial charge in [-0.05, 0) is 35.7 Å². The summed E-state index contributed by atoms with van der Waals surface area (Å²) in [5.74, 6) is -0.255. The Morgan fingerprint density at radius 3 is 2.49 bits per heavy atom. The summed E-state index contributed by atoms with van der Waals surface area (Å²) in [5, 5.41) is 16.0. The molecular formula is C27H22ClF3N4O4. The van der Waals surface area contributed by atoms with Gasteiger partial charge >= 0.3 is 11.9 Å². The number of hydrogen-bond donors (Lipinski definition) is 0. The lowest BCUT2D eigenvalue weighted by Crippen LogP contribution is -2.20. The third-order valence-electron chi connectivity index (χ3n) is 5.42. The molecule has 4 rings (SSSR count). The van der Waals surface area contributed by atoms with Gasteiger partial charge in [0.2, 0.25) is 5.75 Å². The van der Waals surface area contributed by atoms with Gasteiger partial charge in [-0.1, -0.05) is 56.6 Å². The number of nitro groups is 1. The van der Waals surface area contributed by atoms with E-state index < -0.39 is 27.9 Å². The van der Waals surface area contributed by atoms with Crippen molar-refractivity contribution in [1.82, 2.24) is 9.66 Å². The molecule has 0 amide bonds. The Morgan fingerprint density at radius 2 is 1.82 bits per heavy atom. The van der Waals surface area contributed by atoms with Crippen molar-refractivity contribution in [2.24, 2.45) is 10.5 Å². The molecule has 8 nitrogen and oxygen atoms in total. The molecule has 12 heteroatoms. The molecule has 0 bridgehead atoms. The molecule has 3 aromatic carbocycles. The molecule has 0 atom stereocenters. The van der Waals surface area contributed by atoms with E-state index in [-0.39, 0.29) is 50.6 Å². The molecule has 0 fully saturated rings. The SMILES string of the molecule is CC(C)(C)COc1c(Cl)cc(C=Nn2c(-c3cccc(C(F)(F)F)c3)nc3ccccc3c2=O)cc1[N+](=O)[O-]. The number of aromatic nitrogens is 2. The highest BCUT2D eigenvalue weighted by atomic mass is 35.5. The second kappa shape index (κ2) is 10.5. The molecule has 0 aliphatic carbocycles. The zero-order valence-electron chi connectivity index (χ0n) is 21.0. The van der Waals surface area contributed by atoms with E-state index >= 15 is 0 Å². The van der Waals surface area contributed by atoms with Crippen LogP contribution in [0, 0.1) is 15.5 Å². The summed E-state index contributed by atoms with van der Waals surface area (Å²) in [6, 6.07) is 13.2. The standard InChI is InChI=1S/C27H22ClF3N4O4/c1-26(2,3)15-39-23-20(28)11-16(12-22(23)35(37)38)14-32-34-24(17-7-6-8-18(13-17)27(29,30)31)33-21-10-5-4-9-19(21)25(34)36/h4-14H,15H2,1-3H3. The van der Waals surface area contributed by atoms with E-state index in [1.165, 1.54) is 30.3 Å². The first-order chi connectivity index (χ1) is 18.2. The number of hydrogen-bond acceptors (Lipinski definition) is 6. The Kier molecular flexibility index (Phi) is 7.47. The van der Waals surface area contributed by atoms with Crippen LogP contribution in [-0.2, 0) is 6.18 Å². The maximum atomic E-state index is 13.4. The van der Waals surface area contributed by atoms with Crippen LogP contribution in [0.5, 0.6) is 5.75 Å². The molecule has 0 unspecified atom stereocenters. The van der Waals surface area contributed by atoms with Crippen LogP contribution in [0.25, 0.3) is 22.3 Å². The first-order valence-corrected chi connectivity index (χ1v) is 12.0. The van der Waals surface area contributed by atoms with Gasteiger partial charge in [0, 0.05) is 17.2 Å². The van der Waals surface area contributed by atoms with E-state index in [0.717, 1.165) is 23.0 Å². The molecule has 0 saturated carbocycles. The van der Waals surface area contributed by atoms with Crippen molar-refractivity contribution in [3.05, 3.63) is 97.3 Å². The smallest absolute Gasteiger partial charge is 0.416 e. The van der Waals surface area contributed by atoms with Crippen LogP contribution in [0.1, 0.15) is 31.9 Å². The lowest BCUT2D eigenvalue weighted by atomic mass is 9.99. The van der Waals surface area contributed by atoms with E-state index in [1.54, 1.807) is 18.2 Å². The third-order valence-corrected chi connectivity index (χ3v) is 5.70.